The molecule has 3 heterocycles. The Morgan fingerprint density at radius 2 is 1.56 bits per heavy atom. The first-order valence-electron chi connectivity index (χ1n) is 9.69. The Bertz CT molecular complexity index is 1550. The van der Waals surface area contributed by atoms with Gasteiger partial charge in [-0.25, -0.2) is 31.8 Å². The molecule has 0 saturated carbocycles. The predicted molar refractivity (Wildman–Crippen MR) is 121 cm³/mol. The third-order valence-electron chi connectivity index (χ3n) is 4.46. The lowest BCUT2D eigenvalue weighted by Gasteiger charge is -2.22. The molecule has 190 valence electrons. The van der Waals surface area contributed by atoms with Crippen LogP contribution >= 0.6 is 0 Å². The quantitative estimate of drug-likeness (QED) is 0.454. The second-order valence-electron chi connectivity index (χ2n) is 7.46. The third kappa shape index (κ3) is 5.69. The molecule has 3 rings (SSSR count). The fraction of sp³-hybridized carbons (Fsp3) is 0.250. The maximum atomic E-state index is 13.1. The number of halogens is 3. The first-order chi connectivity index (χ1) is 16.5. The van der Waals surface area contributed by atoms with E-state index < -0.39 is 43.6 Å². The number of nitriles is 1. The average Bonchev–Trinajstić information content (AvgIpc) is 2.74. The molecule has 0 aliphatic heterocycles. The molecule has 0 N–H and O–H groups in total. The summed E-state index contributed by atoms with van der Waals surface area (Å²) in [5.41, 5.74) is -0.474. The van der Waals surface area contributed by atoms with Gasteiger partial charge < -0.3 is 4.74 Å². The van der Waals surface area contributed by atoms with Crippen LogP contribution in [-0.2, 0) is 26.2 Å². The van der Waals surface area contributed by atoms with Gasteiger partial charge in [-0.05, 0) is 32.0 Å². The van der Waals surface area contributed by atoms with Crippen LogP contribution in [0.5, 0.6) is 11.6 Å². The van der Waals surface area contributed by atoms with Crippen LogP contribution in [0.15, 0.2) is 30.6 Å². The van der Waals surface area contributed by atoms with Crippen LogP contribution in [0.25, 0.3) is 11.3 Å². The highest BCUT2D eigenvalue weighted by molar-refractivity contribution is 8.09. The SMILES string of the molecule is Cc1nc(C(F)(F)F)nc(C)c1Oc1nc(-c2cncc(C#N)c2)ccc1N(S(C)(=O)=O)S(C)(=O)=O. The number of pyridine rings is 2. The van der Waals surface area contributed by atoms with Crippen LogP contribution in [0.2, 0.25) is 0 Å². The van der Waals surface area contributed by atoms with Gasteiger partial charge in [0.15, 0.2) is 5.75 Å². The average molecular weight is 543 g/mol. The standard InChI is InChI=1S/C20H17F3N6O5S2/c1-11-17(12(2)27-19(26-11)20(21,22)23)34-18-16(29(35(3,30)31)36(4,32)33)6-5-15(28-18)14-7-13(8-24)9-25-10-14/h5-7,9-10H,1-4H3. The molecule has 0 aliphatic carbocycles. The molecule has 11 nitrogen and oxygen atoms in total. The first kappa shape index (κ1) is 26.8. The molecule has 0 atom stereocenters. The highest BCUT2D eigenvalue weighted by atomic mass is 32.3. The van der Waals surface area contributed by atoms with Crippen molar-refractivity contribution >= 4 is 25.7 Å². The number of hydrogen-bond donors (Lipinski definition) is 0. The van der Waals surface area contributed by atoms with Gasteiger partial charge in [0.05, 0.1) is 35.2 Å². The molecule has 3 aromatic heterocycles. The summed E-state index contributed by atoms with van der Waals surface area (Å²) in [6, 6.07) is 5.68. The monoisotopic (exact) mass is 542 g/mol. The van der Waals surface area contributed by atoms with Crippen LogP contribution in [0.3, 0.4) is 0 Å². The summed E-state index contributed by atoms with van der Waals surface area (Å²) < 4.78 is 94.5. The van der Waals surface area contributed by atoms with E-state index in [9.17, 15) is 30.0 Å². The van der Waals surface area contributed by atoms with Gasteiger partial charge in [-0.3, -0.25) is 4.98 Å². The van der Waals surface area contributed by atoms with Crippen molar-refractivity contribution in [2.75, 3.05) is 16.2 Å². The van der Waals surface area contributed by atoms with Gasteiger partial charge in [0.2, 0.25) is 31.8 Å². The summed E-state index contributed by atoms with van der Waals surface area (Å²) in [6.07, 6.45) is -0.918. The van der Waals surface area contributed by atoms with Crippen molar-refractivity contribution in [3.05, 3.63) is 53.4 Å². The second-order valence-corrected chi connectivity index (χ2v) is 11.4. The van der Waals surface area contributed by atoms with Crippen LogP contribution in [0.4, 0.5) is 18.9 Å². The van der Waals surface area contributed by atoms with Crippen molar-refractivity contribution in [3.8, 4) is 29.0 Å². The molecule has 0 radical (unpaired) electrons. The van der Waals surface area contributed by atoms with Crippen molar-refractivity contribution in [1.29, 1.82) is 5.26 Å². The van der Waals surface area contributed by atoms with Gasteiger partial charge in [-0.2, -0.15) is 22.1 Å². The highest BCUT2D eigenvalue weighted by Crippen LogP contribution is 2.38. The molecular formula is C20H17F3N6O5S2. The Balaban J connectivity index is 2.28. The number of nitrogens with zero attached hydrogens (tertiary/aromatic N) is 6. The van der Waals surface area contributed by atoms with Crippen LogP contribution in [0, 0.1) is 25.2 Å². The first-order valence-corrected chi connectivity index (χ1v) is 13.4. The summed E-state index contributed by atoms with van der Waals surface area (Å²) >= 11 is 0. The molecule has 3 aromatic rings. The van der Waals surface area contributed by atoms with Crippen LogP contribution < -0.4 is 8.45 Å². The molecule has 0 spiro atoms. The molecule has 0 unspecified atom stereocenters. The van der Waals surface area contributed by atoms with E-state index in [0.29, 0.717) is 18.1 Å². The normalized spacial score (nSPS) is 12.2. The van der Waals surface area contributed by atoms with Crippen molar-refractivity contribution in [2.45, 2.75) is 20.0 Å². The zero-order chi connectivity index (χ0) is 27.1. The lowest BCUT2D eigenvalue weighted by molar-refractivity contribution is -0.145. The third-order valence-corrected chi connectivity index (χ3v) is 7.68. The lowest BCUT2D eigenvalue weighted by Crippen LogP contribution is -2.35. The molecule has 36 heavy (non-hydrogen) atoms. The van der Waals surface area contributed by atoms with Gasteiger partial charge in [0, 0.05) is 18.0 Å². The predicted octanol–water partition coefficient (Wildman–Crippen LogP) is 2.96. The fourth-order valence-electron chi connectivity index (χ4n) is 3.13. The number of alkyl halides is 3. The summed E-state index contributed by atoms with van der Waals surface area (Å²) in [6.45, 7) is 2.40. The summed E-state index contributed by atoms with van der Waals surface area (Å²) in [4.78, 5) is 14.9. The topological polar surface area (TPSA) is 156 Å². The van der Waals surface area contributed by atoms with E-state index in [-0.39, 0.29) is 32.1 Å². The maximum Gasteiger partial charge on any atom is 0.451 e. The maximum absolute atomic E-state index is 13.1. The summed E-state index contributed by atoms with van der Waals surface area (Å²) in [5, 5.41) is 9.13. The zero-order valence-electron chi connectivity index (χ0n) is 19.1. The van der Waals surface area contributed by atoms with E-state index >= 15 is 0 Å². The number of hydrogen-bond acceptors (Lipinski definition) is 10. The minimum Gasteiger partial charge on any atom is -0.433 e. The van der Waals surface area contributed by atoms with E-state index in [4.69, 9.17) is 10.00 Å². The minimum absolute atomic E-state index is 0.0751. The molecule has 0 aliphatic rings. The second kappa shape index (κ2) is 9.32. The van der Waals surface area contributed by atoms with E-state index in [1.54, 1.807) is 0 Å². The Morgan fingerprint density at radius 1 is 0.972 bits per heavy atom. The van der Waals surface area contributed by atoms with E-state index in [1.807, 2.05) is 6.07 Å². The van der Waals surface area contributed by atoms with Gasteiger partial charge in [-0.15, -0.1) is 0 Å². The van der Waals surface area contributed by atoms with Gasteiger partial charge in [-0.1, -0.05) is 0 Å². The molecule has 0 bridgehead atoms. The van der Waals surface area contributed by atoms with Gasteiger partial charge in [0.25, 0.3) is 0 Å². The molecular weight excluding hydrogens is 525 g/mol. The molecule has 0 fully saturated rings. The van der Waals surface area contributed by atoms with E-state index in [1.165, 1.54) is 38.4 Å². The summed E-state index contributed by atoms with van der Waals surface area (Å²) in [7, 11) is -8.87. The number of ether oxygens (including phenoxy) is 1. The number of aromatic nitrogens is 4. The van der Waals surface area contributed by atoms with Crippen molar-refractivity contribution in [2.24, 2.45) is 0 Å². The summed E-state index contributed by atoms with van der Waals surface area (Å²) in [5.74, 6) is -2.29. The molecule has 0 amide bonds. The van der Waals surface area contributed by atoms with Crippen molar-refractivity contribution in [1.82, 2.24) is 19.9 Å². The lowest BCUT2D eigenvalue weighted by atomic mass is 10.1. The number of aryl methyl sites for hydroxylation is 2. The molecule has 0 aromatic carbocycles. The van der Waals surface area contributed by atoms with Crippen molar-refractivity contribution < 1.29 is 34.7 Å². The van der Waals surface area contributed by atoms with E-state index in [0.717, 1.165) is 6.07 Å². The van der Waals surface area contributed by atoms with Crippen molar-refractivity contribution in [3.63, 3.8) is 0 Å². The smallest absolute Gasteiger partial charge is 0.433 e. The Kier molecular flexibility index (Phi) is 6.92. The van der Waals surface area contributed by atoms with Crippen LogP contribution in [0.1, 0.15) is 22.8 Å². The fourth-order valence-corrected chi connectivity index (χ4v) is 6.09. The Hall–Kier alpha value is -3.84. The number of anilines is 1. The van der Waals surface area contributed by atoms with Gasteiger partial charge >= 0.3 is 6.18 Å². The number of rotatable bonds is 6. The number of sulfonamides is 2. The molecule has 16 heteroatoms. The largest absolute Gasteiger partial charge is 0.451 e. The Labute approximate surface area is 204 Å². The van der Waals surface area contributed by atoms with Crippen LogP contribution in [-0.4, -0.2) is 49.3 Å². The van der Waals surface area contributed by atoms with Gasteiger partial charge in [0.1, 0.15) is 11.8 Å². The zero-order valence-corrected chi connectivity index (χ0v) is 20.7. The molecule has 0 saturated heterocycles. The van der Waals surface area contributed by atoms with E-state index in [2.05, 4.69) is 19.9 Å². The highest BCUT2D eigenvalue weighted by Gasteiger charge is 2.36. The minimum atomic E-state index is -4.83. The Morgan fingerprint density at radius 3 is 2.06 bits per heavy atom.